The summed E-state index contributed by atoms with van der Waals surface area (Å²) >= 11 is 0. The van der Waals surface area contributed by atoms with Crippen LogP contribution in [0.1, 0.15) is 157 Å². The van der Waals surface area contributed by atoms with E-state index in [9.17, 15) is 0 Å². The summed E-state index contributed by atoms with van der Waals surface area (Å²) in [5, 5.41) is 0. The van der Waals surface area contributed by atoms with E-state index in [1.165, 1.54) is 100 Å². The molecule has 0 radical (unpaired) electrons. The minimum atomic E-state index is -0.146. The second kappa shape index (κ2) is 30.1. The molecule has 0 aromatic heterocycles. The van der Waals surface area contributed by atoms with E-state index < -0.39 is 0 Å². The van der Waals surface area contributed by atoms with Gasteiger partial charge in [0.15, 0.2) is 0 Å². The number of aryl methyl sites for hydroxylation is 2. The zero-order valence-corrected chi connectivity index (χ0v) is 62.0. The molecule has 0 bridgehead atoms. The minimum Gasteiger partial charge on any atom is -0.493 e. The Morgan fingerprint density at radius 1 is 0.379 bits per heavy atom. The van der Waals surface area contributed by atoms with Crippen LogP contribution < -0.4 is 19.3 Å². The summed E-state index contributed by atoms with van der Waals surface area (Å²) in [5.41, 5.74) is 33.4. The van der Waals surface area contributed by atoms with Crippen LogP contribution >= 0.6 is 0 Å². The number of unbranched alkanes of at least 4 members (excludes halogenated alkanes) is 4. The summed E-state index contributed by atoms with van der Waals surface area (Å²) in [4.78, 5) is 5.00. The number of benzene rings is 12. The van der Waals surface area contributed by atoms with E-state index in [0.29, 0.717) is 13.2 Å². The summed E-state index contributed by atoms with van der Waals surface area (Å²) in [7, 11) is 0. The van der Waals surface area contributed by atoms with Crippen molar-refractivity contribution in [2.24, 2.45) is 0 Å². The fraction of sp³-hybridized carbons (Fsp3) is 0.232. The Balaban J connectivity index is 0.769. The highest BCUT2D eigenvalue weighted by Crippen LogP contribution is 2.54. The van der Waals surface area contributed by atoms with Crippen molar-refractivity contribution in [3.8, 4) is 89.4 Å². The normalized spacial score (nSPS) is 13.3. The number of nitrogens with zero attached hydrogens (tertiary/aromatic N) is 2. The molecule has 0 saturated carbocycles. The third-order valence-electron chi connectivity index (χ3n) is 21.9. The van der Waals surface area contributed by atoms with Gasteiger partial charge in [0, 0.05) is 50.4 Å². The van der Waals surface area contributed by atoms with Crippen molar-refractivity contribution in [2.75, 3.05) is 23.0 Å². The molecule has 0 N–H and O–H groups in total. The summed E-state index contributed by atoms with van der Waals surface area (Å²) in [5.74, 6) is 1.73. The van der Waals surface area contributed by atoms with E-state index in [2.05, 4.69) is 359 Å². The van der Waals surface area contributed by atoms with Crippen LogP contribution in [0.25, 0.3) is 83.5 Å². The van der Waals surface area contributed by atoms with Crippen molar-refractivity contribution in [3.05, 3.63) is 324 Å². The maximum atomic E-state index is 6.90. The lowest BCUT2D eigenvalue weighted by atomic mass is 9.82. The molecule has 0 heterocycles. The SMILES string of the molecule is C=C(/C=C\CC)c1ccc(-c2ccc(N(c3ccc(-c4ccc(-c5cc(OCCCCC)c(-c6ccc(-c7ccc(N(c8ccc9c(c8)C(C)(C)c8ccccc8-9)C(CC)c8ccccc8)cc7C)cc6)cc5OCCCCC)cc4)c(C)c3)c3ccc4c(c3)C(C)(C)c3ccccc3-4)cc2)cc1. The predicted octanol–water partition coefficient (Wildman–Crippen LogP) is 28.1. The van der Waals surface area contributed by atoms with Crippen LogP contribution in [0, 0.1) is 13.8 Å². The number of anilines is 5. The van der Waals surface area contributed by atoms with Gasteiger partial charge in [0.25, 0.3) is 0 Å². The van der Waals surface area contributed by atoms with Gasteiger partial charge in [-0.2, -0.15) is 0 Å². The number of allylic oxidation sites excluding steroid dienone is 3. The van der Waals surface area contributed by atoms with Gasteiger partial charge in [0.1, 0.15) is 11.5 Å². The molecule has 1 unspecified atom stereocenters. The topological polar surface area (TPSA) is 24.9 Å². The van der Waals surface area contributed by atoms with Crippen molar-refractivity contribution < 1.29 is 9.47 Å². The van der Waals surface area contributed by atoms with Gasteiger partial charge in [-0.1, -0.05) is 288 Å². The largest absolute Gasteiger partial charge is 0.493 e. The zero-order chi connectivity index (χ0) is 71.4. The Kier molecular flexibility index (Phi) is 20.3. The number of hydrogen-bond donors (Lipinski definition) is 0. The first kappa shape index (κ1) is 69.4. The van der Waals surface area contributed by atoms with Crippen LogP contribution in [0.3, 0.4) is 0 Å². The third-order valence-corrected chi connectivity index (χ3v) is 21.9. The Bertz CT molecular complexity index is 5050. The smallest absolute Gasteiger partial charge is 0.128 e. The predicted molar refractivity (Wildman–Crippen MR) is 439 cm³/mol. The first-order valence-electron chi connectivity index (χ1n) is 37.7. The van der Waals surface area contributed by atoms with E-state index in [0.717, 1.165) is 119 Å². The Morgan fingerprint density at radius 2 is 0.767 bits per heavy atom. The number of rotatable bonds is 26. The monoisotopic (exact) mass is 1350 g/mol. The molecule has 0 spiro atoms. The molecule has 2 aliphatic rings. The summed E-state index contributed by atoms with van der Waals surface area (Å²) in [6.07, 6.45) is 12.6. The van der Waals surface area contributed by atoms with Crippen LogP contribution in [0.2, 0.25) is 0 Å². The molecule has 12 aromatic carbocycles. The number of ether oxygens (including phenoxy) is 2. The lowest BCUT2D eigenvalue weighted by Crippen LogP contribution is -2.24. The van der Waals surface area contributed by atoms with E-state index in [1.54, 1.807) is 0 Å². The van der Waals surface area contributed by atoms with Gasteiger partial charge in [0.2, 0.25) is 0 Å². The molecule has 4 nitrogen and oxygen atoms in total. The minimum absolute atomic E-state index is 0.110. The molecule has 1 atom stereocenters. The van der Waals surface area contributed by atoms with E-state index >= 15 is 0 Å². The molecular weight excluding hydrogens is 1250 g/mol. The van der Waals surface area contributed by atoms with E-state index in [1.807, 2.05) is 0 Å². The van der Waals surface area contributed by atoms with Crippen LogP contribution in [-0.2, 0) is 10.8 Å². The Morgan fingerprint density at radius 3 is 1.24 bits per heavy atom. The molecule has 0 saturated heterocycles. The molecule has 0 aliphatic heterocycles. The summed E-state index contributed by atoms with van der Waals surface area (Å²) < 4.78 is 13.8. The van der Waals surface area contributed by atoms with Crippen molar-refractivity contribution in [2.45, 2.75) is 137 Å². The van der Waals surface area contributed by atoms with Crippen molar-refractivity contribution in [3.63, 3.8) is 0 Å². The highest BCUT2D eigenvalue weighted by atomic mass is 16.5. The summed E-state index contributed by atoms with van der Waals surface area (Å²) in [6.45, 7) is 28.5. The molecule has 12 aromatic rings. The van der Waals surface area contributed by atoms with Crippen LogP contribution in [0.15, 0.2) is 280 Å². The van der Waals surface area contributed by atoms with Gasteiger partial charge in [-0.05, 0) is 229 Å². The number of hydrogen-bond acceptors (Lipinski definition) is 4. The average molecular weight is 1350 g/mol. The molecular formula is C99H98N2O2. The lowest BCUT2D eigenvalue weighted by Gasteiger charge is -2.35. The number of fused-ring (bicyclic) bond motifs is 6. The Hall–Kier alpha value is -10.7. The van der Waals surface area contributed by atoms with Gasteiger partial charge in [0.05, 0.1) is 19.3 Å². The highest BCUT2D eigenvalue weighted by Gasteiger charge is 2.38. The third kappa shape index (κ3) is 13.9. The van der Waals surface area contributed by atoms with Crippen LogP contribution in [0.5, 0.6) is 11.5 Å². The van der Waals surface area contributed by atoms with Crippen molar-refractivity contribution in [1.82, 2.24) is 0 Å². The molecule has 0 fully saturated rings. The van der Waals surface area contributed by atoms with Gasteiger partial charge >= 0.3 is 0 Å². The fourth-order valence-electron chi connectivity index (χ4n) is 16.1. The zero-order valence-electron chi connectivity index (χ0n) is 62.0. The highest BCUT2D eigenvalue weighted by molar-refractivity contribution is 5.90. The van der Waals surface area contributed by atoms with Gasteiger partial charge in [-0.15, -0.1) is 0 Å². The van der Waals surface area contributed by atoms with Crippen molar-refractivity contribution in [1.29, 1.82) is 0 Å². The van der Waals surface area contributed by atoms with E-state index in [4.69, 9.17) is 9.47 Å². The summed E-state index contributed by atoms with van der Waals surface area (Å²) in [6, 6.07) is 97.7. The van der Waals surface area contributed by atoms with E-state index in [-0.39, 0.29) is 16.9 Å². The first-order chi connectivity index (χ1) is 50.2. The molecule has 14 rings (SSSR count). The van der Waals surface area contributed by atoms with Crippen molar-refractivity contribution >= 4 is 34.0 Å². The molecule has 2 aliphatic carbocycles. The fourth-order valence-corrected chi connectivity index (χ4v) is 16.1. The van der Waals surface area contributed by atoms with Crippen LogP contribution in [0.4, 0.5) is 28.4 Å². The second-order valence-corrected chi connectivity index (χ2v) is 29.4. The average Bonchev–Trinajstić information content (AvgIpc) is 1.60. The van der Waals surface area contributed by atoms with Gasteiger partial charge in [-0.3, -0.25) is 0 Å². The molecule has 103 heavy (non-hydrogen) atoms. The second-order valence-electron chi connectivity index (χ2n) is 29.4. The first-order valence-corrected chi connectivity index (χ1v) is 37.7. The maximum Gasteiger partial charge on any atom is 0.128 e. The van der Waals surface area contributed by atoms with Gasteiger partial charge in [-0.25, -0.2) is 0 Å². The molecule has 0 amide bonds. The standard InChI is InChI=1S/C99H98N2O2/c1-12-16-26-59-102-96-66-90(76-45-41-74(42-46-76)84-56-52-80(62-69(84)7)101(95(15-4)77-29-20-19-21-30-77)82-54-58-88-86-32-23-25-34-92(86)99(10,11)94(88)64-82)97(103-60-27-17-13-2)65-89(96)75-43-39-73(40-44-75)83-55-51-79(61-68(83)6)100(81-53-57-87-85-31-22-24-33-91(85)98(8,9)93(87)63-81)78-49-47-72(48-50-78)71-37-35-70(36-38-71)67(5)28-18-14-3/h18-25,28-58,61-66,95H,5,12-17,26-27,59-60H2,1-4,6-11H3/b28-18-. The van der Waals surface area contributed by atoms with Gasteiger partial charge < -0.3 is 19.3 Å². The molecule has 4 heteroatoms. The quantitative estimate of drug-likeness (QED) is 0.0398. The lowest BCUT2D eigenvalue weighted by molar-refractivity contribution is 0.300. The molecule has 516 valence electrons. The Labute approximate surface area is 613 Å². The maximum absolute atomic E-state index is 6.90. The van der Waals surface area contributed by atoms with Crippen LogP contribution in [-0.4, -0.2) is 13.2 Å².